The molecule has 2 atom stereocenters. The van der Waals surface area contributed by atoms with Gasteiger partial charge in [0.15, 0.2) is 0 Å². The van der Waals surface area contributed by atoms with Crippen molar-refractivity contribution < 1.29 is 14.4 Å². The molecule has 2 aromatic rings. The number of alkyl halides is 1. The van der Waals surface area contributed by atoms with E-state index < -0.39 is 0 Å². The maximum atomic E-state index is 12.7. The Kier molecular flexibility index (Phi) is 6.75. The maximum absolute atomic E-state index is 12.7. The Morgan fingerprint density at radius 2 is 2.00 bits per heavy atom. The van der Waals surface area contributed by atoms with Crippen molar-refractivity contribution in [2.45, 2.75) is 24.7 Å². The number of quaternary nitrogens is 1. The first-order chi connectivity index (χ1) is 16.6. The standard InChI is InChI=1S/C29H32FN3O/c1-34-26-10-12-28-22(13-26)8-11-27(21-5-3-2-4-6-21)29(28)23-7-9-25(32-16-23)14-24(31)19-33-17-20(15-30)18-33/h2-7,9-10,12-14,16,20,27,29,31-32H,8,11,15,17-19H2,1H3/p+1/b25-14-,31-24?. The number of hydrogen-bond acceptors (Lipinski definition) is 3. The molecule has 0 amide bonds. The van der Waals surface area contributed by atoms with E-state index in [0.717, 1.165) is 37.4 Å². The molecule has 2 aromatic carbocycles. The van der Waals surface area contributed by atoms with Crippen molar-refractivity contribution in [1.29, 1.82) is 5.41 Å². The van der Waals surface area contributed by atoms with Crippen molar-refractivity contribution in [2.75, 3.05) is 33.4 Å². The van der Waals surface area contributed by atoms with Crippen molar-refractivity contribution >= 4 is 5.71 Å². The molecule has 176 valence electrons. The molecule has 0 radical (unpaired) electrons. The molecule has 1 saturated heterocycles. The summed E-state index contributed by atoms with van der Waals surface area (Å²) in [6.07, 6.45) is 10.7. The van der Waals surface area contributed by atoms with Crippen LogP contribution in [0.1, 0.15) is 34.9 Å². The van der Waals surface area contributed by atoms with E-state index in [9.17, 15) is 4.39 Å². The molecule has 2 unspecified atom stereocenters. The lowest BCUT2D eigenvalue weighted by molar-refractivity contribution is -0.531. The number of benzene rings is 2. The maximum Gasteiger partial charge on any atom is 0.135 e. The molecule has 3 N–H and O–H groups in total. The van der Waals surface area contributed by atoms with E-state index in [-0.39, 0.29) is 18.5 Å². The number of nitrogens with two attached hydrogens (primary N) is 1. The van der Waals surface area contributed by atoms with Gasteiger partial charge in [-0.3, -0.25) is 14.6 Å². The highest BCUT2D eigenvalue weighted by Crippen LogP contribution is 2.47. The topological polar surface area (TPSA) is 52.9 Å². The van der Waals surface area contributed by atoms with Crippen LogP contribution >= 0.6 is 0 Å². The number of nitrogens with zero attached hydrogens (tertiary/aromatic N) is 1. The largest absolute Gasteiger partial charge is 0.497 e. The fraction of sp³-hybridized carbons (Fsp3) is 0.345. The van der Waals surface area contributed by atoms with Crippen molar-refractivity contribution in [2.24, 2.45) is 5.92 Å². The second-order valence-corrected chi connectivity index (χ2v) is 9.65. The van der Waals surface area contributed by atoms with Gasteiger partial charge in [-0.25, -0.2) is 0 Å². The molecule has 5 rings (SSSR count). The summed E-state index contributed by atoms with van der Waals surface area (Å²) >= 11 is 0. The summed E-state index contributed by atoms with van der Waals surface area (Å²) in [5, 5.41) is 10.5. The third kappa shape index (κ3) is 4.77. The van der Waals surface area contributed by atoms with E-state index >= 15 is 0 Å². The van der Waals surface area contributed by atoms with Gasteiger partial charge in [0.25, 0.3) is 0 Å². The van der Waals surface area contributed by atoms with Crippen LogP contribution < -0.4 is 10.1 Å². The van der Waals surface area contributed by atoms with Crippen molar-refractivity contribution in [3.8, 4) is 5.75 Å². The van der Waals surface area contributed by atoms with Gasteiger partial charge in [0, 0.05) is 43.1 Å². The molecule has 2 aliphatic heterocycles. The van der Waals surface area contributed by atoms with Gasteiger partial charge in [-0.2, -0.15) is 0 Å². The van der Waals surface area contributed by atoms with Gasteiger partial charge < -0.3 is 10.1 Å². The van der Waals surface area contributed by atoms with Crippen molar-refractivity contribution in [3.63, 3.8) is 0 Å². The van der Waals surface area contributed by atoms with Gasteiger partial charge >= 0.3 is 0 Å². The number of halogens is 1. The number of likely N-dealkylation sites (tertiary alicyclic amines) is 1. The zero-order valence-electron chi connectivity index (χ0n) is 19.7. The third-order valence-corrected chi connectivity index (χ3v) is 7.32. The van der Waals surface area contributed by atoms with Crippen LogP contribution in [0.15, 0.2) is 84.2 Å². The van der Waals surface area contributed by atoms with Crippen LogP contribution in [0.25, 0.3) is 0 Å². The van der Waals surface area contributed by atoms with Crippen LogP contribution in [0.2, 0.25) is 0 Å². The predicted octanol–water partition coefficient (Wildman–Crippen LogP) is 4.33. The van der Waals surface area contributed by atoms with Crippen LogP contribution in [0.4, 0.5) is 4.39 Å². The van der Waals surface area contributed by atoms with E-state index in [1.165, 1.54) is 22.3 Å². The molecule has 1 fully saturated rings. The molecular formula is C29H33FN3O+. The SMILES string of the molecule is COc1ccc2c(c1)CCC(c1ccccc1)C2C1=C[NH2+]/C(=C\C(=N)CN2CC(CF)C2)C=C1. The van der Waals surface area contributed by atoms with Gasteiger partial charge in [-0.05, 0) is 59.7 Å². The first kappa shape index (κ1) is 22.8. The highest BCUT2D eigenvalue weighted by Gasteiger charge is 2.34. The minimum atomic E-state index is -0.254. The molecular weight excluding hydrogens is 425 g/mol. The Balaban J connectivity index is 1.36. The molecule has 0 spiro atoms. The van der Waals surface area contributed by atoms with Crippen molar-refractivity contribution in [3.05, 3.63) is 101 Å². The highest BCUT2D eigenvalue weighted by molar-refractivity contribution is 5.94. The van der Waals surface area contributed by atoms with Crippen LogP contribution in [-0.4, -0.2) is 44.0 Å². The lowest BCUT2D eigenvalue weighted by Crippen LogP contribution is -2.76. The number of hydrogen-bond donors (Lipinski definition) is 2. The molecule has 0 saturated carbocycles. The van der Waals surface area contributed by atoms with Gasteiger partial charge in [0.1, 0.15) is 17.6 Å². The Bertz CT molecular complexity index is 1130. The predicted molar refractivity (Wildman–Crippen MR) is 134 cm³/mol. The summed E-state index contributed by atoms with van der Waals surface area (Å²) < 4.78 is 18.2. The molecule has 5 heteroatoms. The zero-order valence-corrected chi connectivity index (χ0v) is 19.7. The smallest absolute Gasteiger partial charge is 0.135 e. The van der Waals surface area contributed by atoms with E-state index in [2.05, 4.69) is 77.1 Å². The molecule has 1 aliphatic carbocycles. The highest BCUT2D eigenvalue weighted by atomic mass is 19.1. The van der Waals surface area contributed by atoms with Crippen LogP contribution in [0.3, 0.4) is 0 Å². The first-order valence-electron chi connectivity index (χ1n) is 12.2. The number of aryl methyl sites for hydroxylation is 1. The van der Waals surface area contributed by atoms with E-state index in [1.54, 1.807) is 7.11 Å². The third-order valence-electron chi connectivity index (χ3n) is 7.32. The average molecular weight is 459 g/mol. The Morgan fingerprint density at radius 3 is 2.71 bits per heavy atom. The monoisotopic (exact) mass is 458 g/mol. The number of rotatable bonds is 7. The minimum Gasteiger partial charge on any atom is -0.497 e. The number of nitrogens with one attached hydrogen (secondary N) is 1. The first-order valence-corrected chi connectivity index (χ1v) is 12.2. The normalized spacial score (nSPS) is 23.8. The molecule has 34 heavy (non-hydrogen) atoms. The lowest BCUT2D eigenvalue weighted by Gasteiger charge is -2.37. The Hall–Kier alpha value is -3.02. The van der Waals surface area contributed by atoms with E-state index in [4.69, 9.17) is 10.1 Å². The van der Waals surface area contributed by atoms with Crippen LogP contribution in [-0.2, 0) is 6.42 Å². The van der Waals surface area contributed by atoms with Crippen molar-refractivity contribution in [1.82, 2.24) is 4.90 Å². The molecule has 3 aliphatic rings. The zero-order chi connectivity index (χ0) is 23.5. The summed E-state index contributed by atoms with van der Waals surface area (Å²) in [4.78, 5) is 2.13. The van der Waals surface area contributed by atoms with Gasteiger partial charge in [-0.1, -0.05) is 36.4 Å². The Morgan fingerprint density at radius 1 is 1.18 bits per heavy atom. The average Bonchev–Trinajstić information content (AvgIpc) is 2.86. The van der Waals surface area contributed by atoms with Gasteiger partial charge in [0.2, 0.25) is 0 Å². The second-order valence-electron chi connectivity index (χ2n) is 9.65. The lowest BCUT2D eigenvalue weighted by atomic mass is 9.69. The number of allylic oxidation sites excluding steroid dienone is 3. The van der Waals surface area contributed by atoms with Gasteiger partial charge in [-0.15, -0.1) is 0 Å². The fourth-order valence-corrected chi connectivity index (χ4v) is 5.59. The summed E-state index contributed by atoms with van der Waals surface area (Å²) in [6.45, 7) is 1.86. The summed E-state index contributed by atoms with van der Waals surface area (Å²) in [7, 11) is 1.73. The molecule has 2 heterocycles. The van der Waals surface area contributed by atoms with Crippen LogP contribution in [0.5, 0.6) is 5.75 Å². The van der Waals surface area contributed by atoms with E-state index in [0.29, 0.717) is 18.2 Å². The number of methoxy groups -OCH3 is 1. The number of fused-ring (bicyclic) bond motifs is 1. The number of ether oxygens (including phenoxy) is 1. The minimum absolute atomic E-state index is 0.156. The quantitative estimate of drug-likeness (QED) is 0.607. The van der Waals surface area contributed by atoms with E-state index in [1.807, 2.05) is 6.08 Å². The van der Waals surface area contributed by atoms with Gasteiger partial charge in [0.05, 0.1) is 19.5 Å². The fourth-order valence-electron chi connectivity index (χ4n) is 5.59. The Labute approximate surface area is 201 Å². The molecule has 0 bridgehead atoms. The molecule has 4 nitrogen and oxygen atoms in total. The van der Waals surface area contributed by atoms with Crippen LogP contribution in [0, 0.1) is 11.3 Å². The second kappa shape index (κ2) is 10.1. The summed E-state index contributed by atoms with van der Waals surface area (Å²) in [5.74, 6) is 1.77. The summed E-state index contributed by atoms with van der Waals surface area (Å²) in [5.41, 5.74) is 7.05. The molecule has 0 aromatic heterocycles. The summed E-state index contributed by atoms with van der Waals surface area (Å²) in [6, 6.07) is 17.3.